The van der Waals surface area contributed by atoms with Gasteiger partial charge in [0.1, 0.15) is 0 Å². The van der Waals surface area contributed by atoms with Gasteiger partial charge in [0.25, 0.3) is 0 Å². The molecule has 0 saturated carbocycles. The van der Waals surface area contributed by atoms with E-state index in [1.54, 1.807) is 13.0 Å². The zero-order valence-electron chi connectivity index (χ0n) is 6.85. The van der Waals surface area contributed by atoms with Crippen molar-refractivity contribution < 1.29 is 4.79 Å². The van der Waals surface area contributed by atoms with Crippen LogP contribution in [-0.2, 0) is 0 Å². The Morgan fingerprint density at radius 3 is 2.69 bits per heavy atom. The van der Waals surface area contributed by atoms with E-state index in [1.807, 2.05) is 12.1 Å². The smallest absolute Gasteiger partial charge is 0.178 e. The van der Waals surface area contributed by atoms with Crippen molar-refractivity contribution in [2.24, 2.45) is 0 Å². The topological polar surface area (TPSA) is 17.1 Å². The molecule has 1 rings (SSSR count). The van der Waals surface area contributed by atoms with Crippen molar-refractivity contribution in [1.29, 1.82) is 0 Å². The fourth-order valence-electron chi connectivity index (χ4n) is 0.932. The van der Waals surface area contributed by atoms with E-state index in [0.29, 0.717) is 10.6 Å². The molecule has 13 heavy (non-hydrogen) atoms. The van der Waals surface area contributed by atoms with Gasteiger partial charge in [-0.3, -0.25) is 4.79 Å². The van der Waals surface area contributed by atoms with Crippen molar-refractivity contribution in [2.45, 2.75) is 11.8 Å². The summed E-state index contributed by atoms with van der Waals surface area (Å²) in [5.74, 6) is 0.0231. The average Bonchev–Trinajstić information content (AvgIpc) is 2.03. The lowest BCUT2D eigenvalue weighted by atomic mass is 10.1. The van der Waals surface area contributed by atoms with E-state index in [-0.39, 0.29) is 10.6 Å². The van der Waals surface area contributed by atoms with Crippen molar-refractivity contribution >= 4 is 55.9 Å². The first kappa shape index (κ1) is 11.5. The number of alkyl halides is 1. The number of carbonyl (C=O) groups is 1. The summed E-state index contributed by atoms with van der Waals surface area (Å²) in [6, 6.07) is 5.43. The number of carbonyl (C=O) groups excluding carboxylic acids is 1. The fraction of sp³-hybridized carbons (Fsp3) is 0.222. The second-order valence-electron chi connectivity index (χ2n) is 2.58. The molecule has 0 heterocycles. The van der Waals surface area contributed by atoms with Crippen LogP contribution in [0.25, 0.3) is 0 Å². The third kappa shape index (κ3) is 2.67. The maximum absolute atomic E-state index is 11.6. The minimum Gasteiger partial charge on any atom is -0.293 e. The molecule has 1 aromatic rings. The third-order valence-corrected chi connectivity index (χ3v) is 3.20. The van der Waals surface area contributed by atoms with Gasteiger partial charge in [-0.15, -0.1) is 0 Å². The molecule has 1 atom stereocenters. The zero-order chi connectivity index (χ0) is 10.0. The van der Waals surface area contributed by atoms with Crippen LogP contribution in [0.15, 0.2) is 18.2 Å². The maximum atomic E-state index is 11.6. The molecular weight excluding hydrogens is 366 g/mol. The predicted octanol–water partition coefficient (Wildman–Crippen LogP) is 3.91. The fourth-order valence-corrected chi connectivity index (χ4v) is 2.35. The van der Waals surface area contributed by atoms with Crippen LogP contribution >= 0.6 is 50.1 Å². The molecule has 0 amide bonds. The minimum absolute atomic E-state index is 0.0231. The second kappa shape index (κ2) is 4.75. The summed E-state index contributed by atoms with van der Waals surface area (Å²) in [6.45, 7) is 1.79. The van der Waals surface area contributed by atoms with Crippen LogP contribution in [0.5, 0.6) is 0 Å². The van der Waals surface area contributed by atoms with Crippen molar-refractivity contribution in [3.05, 3.63) is 32.4 Å². The second-order valence-corrected chi connectivity index (χ2v) is 5.52. The molecule has 1 nitrogen and oxygen atoms in total. The summed E-state index contributed by atoms with van der Waals surface area (Å²) in [7, 11) is 0. The molecule has 0 fully saturated rings. The molecule has 0 aromatic heterocycles. The van der Waals surface area contributed by atoms with Crippen LogP contribution in [0.3, 0.4) is 0 Å². The molecule has 0 aliphatic heterocycles. The van der Waals surface area contributed by atoms with Gasteiger partial charge < -0.3 is 0 Å². The molecule has 0 aliphatic rings. The number of hydrogen-bond acceptors (Lipinski definition) is 1. The average molecular weight is 373 g/mol. The Hall–Kier alpha value is 0.390. The number of Topliss-reactive ketones (excluding diaryl/α,β-unsaturated/α-hetero) is 1. The van der Waals surface area contributed by atoms with Crippen LogP contribution < -0.4 is 0 Å². The lowest BCUT2D eigenvalue weighted by Crippen LogP contribution is -2.12. The van der Waals surface area contributed by atoms with Gasteiger partial charge in [0.15, 0.2) is 5.78 Å². The molecule has 70 valence electrons. The Balaban J connectivity index is 3.20. The number of ketones is 1. The molecule has 0 radical (unpaired) electrons. The van der Waals surface area contributed by atoms with Crippen molar-refractivity contribution in [3.8, 4) is 0 Å². The summed E-state index contributed by atoms with van der Waals surface area (Å²) < 4.78 is 0.890. The molecule has 0 saturated heterocycles. The third-order valence-electron chi connectivity index (χ3n) is 1.57. The predicted molar refractivity (Wildman–Crippen MR) is 66.9 cm³/mol. The van der Waals surface area contributed by atoms with Crippen LogP contribution in [0.2, 0.25) is 5.02 Å². The van der Waals surface area contributed by atoms with Crippen LogP contribution in [-0.4, -0.2) is 10.6 Å². The molecule has 0 bridgehead atoms. The highest BCUT2D eigenvalue weighted by Crippen LogP contribution is 2.24. The Kier molecular flexibility index (Phi) is 4.19. The number of hydrogen-bond donors (Lipinski definition) is 0. The van der Waals surface area contributed by atoms with E-state index in [0.717, 1.165) is 3.57 Å². The van der Waals surface area contributed by atoms with E-state index < -0.39 is 0 Å². The standard InChI is InChI=1S/C9H7BrClIO/c1-5(10)9(13)8-6(11)3-2-4-7(8)12/h2-5H,1H3. The molecule has 0 N–H and O–H groups in total. The van der Waals surface area contributed by atoms with Crippen molar-refractivity contribution in [3.63, 3.8) is 0 Å². The van der Waals surface area contributed by atoms with Crippen LogP contribution in [0.4, 0.5) is 0 Å². The highest BCUT2D eigenvalue weighted by atomic mass is 127. The first-order valence-corrected chi connectivity index (χ1v) is 6.03. The summed E-state index contributed by atoms with van der Waals surface area (Å²) in [5, 5.41) is 0.517. The van der Waals surface area contributed by atoms with Gasteiger partial charge in [0, 0.05) is 3.57 Å². The molecule has 0 spiro atoms. The van der Waals surface area contributed by atoms with Gasteiger partial charge in [0.2, 0.25) is 0 Å². The SMILES string of the molecule is CC(Br)C(=O)c1c(Cl)cccc1I. The Morgan fingerprint density at radius 1 is 1.62 bits per heavy atom. The minimum atomic E-state index is -0.194. The molecule has 1 aromatic carbocycles. The highest BCUT2D eigenvalue weighted by molar-refractivity contribution is 14.1. The van der Waals surface area contributed by atoms with E-state index in [4.69, 9.17) is 11.6 Å². The van der Waals surface area contributed by atoms with Gasteiger partial charge >= 0.3 is 0 Å². The number of benzene rings is 1. The van der Waals surface area contributed by atoms with Gasteiger partial charge in [-0.1, -0.05) is 33.6 Å². The summed E-state index contributed by atoms with van der Waals surface area (Å²) >= 11 is 11.3. The molecular formula is C9H7BrClIO. The Bertz CT molecular complexity index is 318. The van der Waals surface area contributed by atoms with E-state index in [9.17, 15) is 4.79 Å². The highest BCUT2D eigenvalue weighted by Gasteiger charge is 2.17. The van der Waals surface area contributed by atoms with Crippen LogP contribution in [0.1, 0.15) is 17.3 Å². The van der Waals surface area contributed by atoms with E-state index in [2.05, 4.69) is 38.5 Å². The van der Waals surface area contributed by atoms with Crippen molar-refractivity contribution in [1.82, 2.24) is 0 Å². The van der Waals surface area contributed by atoms with Crippen LogP contribution in [0, 0.1) is 3.57 Å². The molecule has 4 heteroatoms. The van der Waals surface area contributed by atoms with Gasteiger partial charge in [-0.05, 0) is 41.6 Å². The zero-order valence-corrected chi connectivity index (χ0v) is 11.4. The van der Waals surface area contributed by atoms with E-state index in [1.165, 1.54) is 0 Å². The van der Waals surface area contributed by atoms with Gasteiger partial charge in [0.05, 0.1) is 15.4 Å². The van der Waals surface area contributed by atoms with Gasteiger partial charge in [-0.25, -0.2) is 0 Å². The monoisotopic (exact) mass is 372 g/mol. The summed E-state index contributed by atoms with van der Waals surface area (Å²) in [4.78, 5) is 11.5. The van der Waals surface area contributed by atoms with Gasteiger partial charge in [-0.2, -0.15) is 0 Å². The largest absolute Gasteiger partial charge is 0.293 e. The molecule has 0 aliphatic carbocycles. The quantitative estimate of drug-likeness (QED) is 0.436. The Morgan fingerprint density at radius 2 is 2.23 bits per heavy atom. The maximum Gasteiger partial charge on any atom is 0.178 e. The number of rotatable bonds is 2. The number of halogens is 3. The van der Waals surface area contributed by atoms with Crippen molar-refractivity contribution in [2.75, 3.05) is 0 Å². The first-order valence-electron chi connectivity index (χ1n) is 3.66. The Labute approximate surface area is 104 Å². The molecule has 1 unspecified atom stereocenters. The lowest BCUT2D eigenvalue weighted by molar-refractivity contribution is 0.0995. The lowest BCUT2D eigenvalue weighted by Gasteiger charge is -2.06. The first-order chi connectivity index (χ1) is 6.04. The van der Waals surface area contributed by atoms with E-state index >= 15 is 0 Å². The normalized spacial score (nSPS) is 12.6. The summed E-state index contributed by atoms with van der Waals surface area (Å²) in [6.07, 6.45) is 0. The summed E-state index contributed by atoms with van der Waals surface area (Å²) in [5.41, 5.74) is 0.606.